The van der Waals surface area contributed by atoms with Crippen molar-refractivity contribution in [3.05, 3.63) is 64.8 Å². The number of carbonyl (C=O) groups excluding carboxylic acids is 1. The van der Waals surface area contributed by atoms with Crippen LogP contribution in [0.2, 0.25) is 0 Å². The van der Waals surface area contributed by atoms with Crippen LogP contribution in [0.15, 0.2) is 42.5 Å². The summed E-state index contributed by atoms with van der Waals surface area (Å²) < 4.78 is 12.6. The maximum absolute atomic E-state index is 12.8. The number of methoxy groups -OCH3 is 2. The van der Waals surface area contributed by atoms with Crippen LogP contribution in [0.25, 0.3) is 5.69 Å². The molecule has 3 aromatic rings. The Kier molecular flexibility index (Phi) is 5.95. The molecular formula is C24H29N4O3+. The maximum Gasteiger partial charge on any atom is 0.280 e. The molecule has 1 aliphatic heterocycles. The van der Waals surface area contributed by atoms with Crippen LogP contribution in [0.3, 0.4) is 0 Å². The number of rotatable bonds is 6. The van der Waals surface area contributed by atoms with Crippen molar-refractivity contribution in [1.29, 1.82) is 0 Å². The van der Waals surface area contributed by atoms with Gasteiger partial charge in [-0.05, 0) is 43.7 Å². The second kappa shape index (κ2) is 8.81. The predicted molar refractivity (Wildman–Crippen MR) is 119 cm³/mol. The van der Waals surface area contributed by atoms with Gasteiger partial charge in [0.2, 0.25) is 0 Å². The molecule has 1 unspecified atom stereocenters. The number of amides is 1. The molecule has 4 rings (SSSR count). The van der Waals surface area contributed by atoms with Crippen LogP contribution in [0.4, 0.5) is 5.82 Å². The molecule has 0 bridgehead atoms. The molecule has 0 spiro atoms. The Bertz CT molecular complexity index is 1090. The van der Waals surface area contributed by atoms with Crippen LogP contribution >= 0.6 is 0 Å². The Morgan fingerprint density at radius 2 is 1.74 bits per heavy atom. The fourth-order valence-electron chi connectivity index (χ4n) is 4.07. The molecule has 2 heterocycles. The smallest absolute Gasteiger partial charge is 0.280 e. The third kappa shape index (κ3) is 4.56. The summed E-state index contributed by atoms with van der Waals surface area (Å²) in [7, 11) is 3.29. The van der Waals surface area contributed by atoms with Gasteiger partial charge in [-0.25, -0.2) is 4.68 Å². The summed E-state index contributed by atoms with van der Waals surface area (Å²) in [5.41, 5.74) is 5.43. The number of aryl methyl sites for hydroxylation is 2. The van der Waals surface area contributed by atoms with Crippen LogP contribution < -0.4 is 19.7 Å². The van der Waals surface area contributed by atoms with Gasteiger partial charge in [0, 0.05) is 18.1 Å². The number of aromatic nitrogens is 2. The van der Waals surface area contributed by atoms with Gasteiger partial charge in [0.15, 0.2) is 18.0 Å². The van der Waals surface area contributed by atoms with E-state index in [0.29, 0.717) is 12.4 Å². The number of nitrogens with zero attached hydrogens (tertiary/aromatic N) is 2. The van der Waals surface area contributed by atoms with Gasteiger partial charge in [0.25, 0.3) is 5.91 Å². The van der Waals surface area contributed by atoms with E-state index in [1.165, 1.54) is 21.6 Å². The van der Waals surface area contributed by atoms with Crippen molar-refractivity contribution in [3.8, 4) is 17.2 Å². The van der Waals surface area contributed by atoms with Gasteiger partial charge in [-0.1, -0.05) is 17.7 Å². The van der Waals surface area contributed by atoms with Gasteiger partial charge in [-0.15, -0.1) is 0 Å². The van der Waals surface area contributed by atoms with E-state index >= 15 is 0 Å². The van der Waals surface area contributed by atoms with Gasteiger partial charge >= 0.3 is 0 Å². The molecule has 2 N–H and O–H groups in total. The number of hydrogen-bond donors (Lipinski definition) is 2. The maximum atomic E-state index is 12.8. The molecule has 1 aliphatic rings. The van der Waals surface area contributed by atoms with Gasteiger partial charge < -0.3 is 19.7 Å². The lowest BCUT2D eigenvalue weighted by Crippen LogP contribution is -3.12. The Balaban J connectivity index is 1.45. The summed E-state index contributed by atoms with van der Waals surface area (Å²) >= 11 is 0. The summed E-state index contributed by atoms with van der Waals surface area (Å²) in [6.45, 7) is 6.04. The highest BCUT2D eigenvalue weighted by molar-refractivity contribution is 5.91. The third-order valence-electron chi connectivity index (χ3n) is 5.68. The molecule has 0 aliphatic carbocycles. The normalized spacial score (nSPS) is 15.3. The number of carbonyl (C=O) groups is 1. The van der Waals surface area contributed by atoms with Crippen LogP contribution in [0, 0.1) is 13.8 Å². The number of benzene rings is 2. The summed E-state index contributed by atoms with van der Waals surface area (Å²) in [6.07, 6.45) is 0.901. The number of anilines is 1. The van der Waals surface area contributed by atoms with E-state index < -0.39 is 0 Å². The lowest BCUT2D eigenvalue weighted by atomic mass is 9.99. The van der Waals surface area contributed by atoms with Crippen molar-refractivity contribution in [1.82, 2.24) is 9.78 Å². The molecule has 0 fully saturated rings. The van der Waals surface area contributed by atoms with Gasteiger partial charge in [-0.2, -0.15) is 5.10 Å². The first-order valence-electron chi connectivity index (χ1n) is 10.5. The van der Waals surface area contributed by atoms with Crippen molar-refractivity contribution in [2.75, 3.05) is 32.6 Å². The standard InChI is InChI=1S/C24H28N4O3/c1-16-5-7-20(8-6-16)28-23(11-17(2)26-28)25-24(29)15-27-10-9-18-12-21(30-3)22(31-4)13-19(18)14-27/h5-8,11-13H,9-10,14-15H2,1-4H3,(H,25,29)/p+1. The molecular weight excluding hydrogens is 392 g/mol. The average Bonchev–Trinajstić information content (AvgIpc) is 3.12. The Hall–Kier alpha value is -3.32. The first-order valence-corrected chi connectivity index (χ1v) is 10.5. The van der Waals surface area contributed by atoms with Crippen molar-refractivity contribution < 1.29 is 19.2 Å². The molecule has 162 valence electrons. The molecule has 0 saturated carbocycles. The van der Waals surface area contributed by atoms with Crippen LogP contribution in [-0.2, 0) is 17.8 Å². The van der Waals surface area contributed by atoms with E-state index in [0.717, 1.165) is 42.4 Å². The second-order valence-electron chi connectivity index (χ2n) is 8.05. The highest BCUT2D eigenvalue weighted by atomic mass is 16.5. The molecule has 1 amide bonds. The molecule has 2 aromatic carbocycles. The SMILES string of the molecule is COc1cc2c(cc1OC)C[NH+](CC(=O)Nc1cc(C)nn1-c1ccc(C)cc1)CC2. The van der Waals surface area contributed by atoms with Gasteiger partial charge in [-0.3, -0.25) is 4.79 Å². The fraction of sp³-hybridized carbons (Fsp3) is 0.333. The van der Waals surface area contributed by atoms with E-state index in [9.17, 15) is 4.79 Å². The quantitative estimate of drug-likeness (QED) is 0.640. The van der Waals surface area contributed by atoms with Crippen molar-refractivity contribution in [2.24, 2.45) is 0 Å². The zero-order chi connectivity index (χ0) is 22.0. The topological polar surface area (TPSA) is 69.8 Å². The average molecular weight is 422 g/mol. The van der Waals surface area contributed by atoms with E-state index in [-0.39, 0.29) is 5.91 Å². The number of ether oxygens (including phenoxy) is 2. The van der Waals surface area contributed by atoms with Crippen LogP contribution in [0.5, 0.6) is 11.5 Å². The molecule has 0 radical (unpaired) electrons. The molecule has 1 atom stereocenters. The summed E-state index contributed by atoms with van der Waals surface area (Å²) in [6, 6.07) is 14.1. The molecule has 7 heteroatoms. The highest BCUT2D eigenvalue weighted by Crippen LogP contribution is 2.31. The summed E-state index contributed by atoms with van der Waals surface area (Å²) in [5.74, 6) is 2.15. The third-order valence-corrected chi connectivity index (χ3v) is 5.68. The van der Waals surface area contributed by atoms with Crippen molar-refractivity contribution in [3.63, 3.8) is 0 Å². The van der Waals surface area contributed by atoms with Gasteiger partial charge in [0.1, 0.15) is 12.4 Å². The van der Waals surface area contributed by atoms with Gasteiger partial charge in [0.05, 0.1) is 32.1 Å². The first-order chi connectivity index (χ1) is 15.0. The van der Waals surface area contributed by atoms with Crippen LogP contribution in [-0.4, -0.2) is 43.0 Å². The van der Waals surface area contributed by atoms with Crippen LogP contribution in [0.1, 0.15) is 22.4 Å². The Labute approximate surface area is 182 Å². The minimum absolute atomic E-state index is 0.0211. The largest absolute Gasteiger partial charge is 0.493 e. The predicted octanol–water partition coefficient (Wildman–Crippen LogP) is 2.09. The Morgan fingerprint density at radius 1 is 1.06 bits per heavy atom. The minimum Gasteiger partial charge on any atom is -0.493 e. The zero-order valence-corrected chi connectivity index (χ0v) is 18.5. The van der Waals surface area contributed by atoms with E-state index in [1.54, 1.807) is 18.9 Å². The fourth-order valence-corrected chi connectivity index (χ4v) is 4.07. The molecule has 1 aromatic heterocycles. The molecule has 7 nitrogen and oxygen atoms in total. The first kappa shape index (κ1) is 20.9. The zero-order valence-electron chi connectivity index (χ0n) is 18.5. The molecule has 31 heavy (non-hydrogen) atoms. The number of nitrogens with one attached hydrogen (secondary N) is 2. The van der Waals surface area contributed by atoms with E-state index in [1.807, 2.05) is 56.3 Å². The second-order valence-corrected chi connectivity index (χ2v) is 8.05. The minimum atomic E-state index is -0.0211. The monoisotopic (exact) mass is 421 g/mol. The number of hydrogen-bond acceptors (Lipinski definition) is 4. The Morgan fingerprint density at radius 3 is 2.42 bits per heavy atom. The summed E-state index contributed by atoms with van der Waals surface area (Å²) in [5, 5.41) is 7.60. The van der Waals surface area contributed by atoms with E-state index in [2.05, 4.69) is 10.4 Å². The number of quaternary nitrogens is 1. The van der Waals surface area contributed by atoms with E-state index in [4.69, 9.17) is 9.47 Å². The van der Waals surface area contributed by atoms with Crippen molar-refractivity contribution in [2.45, 2.75) is 26.8 Å². The summed E-state index contributed by atoms with van der Waals surface area (Å²) in [4.78, 5) is 14.1. The lowest BCUT2D eigenvalue weighted by Gasteiger charge is -2.26. The van der Waals surface area contributed by atoms with Crippen molar-refractivity contribution >= 4 is 11.7 Å². The highest BCUT2D eigenvalue weighted by Gasteiger charge is 2.24. The lowest BCUT2D eigenvalue weighted by molar-refractivity contribution is -0.907. The number of fused-ring (bicyclic) bond motifs is 1. The molecule has 0 saturated heterocycles.